The maximum Gasteiger partial charge on any atom is 0.220 e. The van der Waals surface area contributed by atoms with Gasteiger partial charge in [0.15, 0.2) is 6.29 Å². The van der Waals surface area contributed by atoms with Crippen molar-refractivity contribution in [3.05, 3.63) is 60.8 Å². The molecule has 1 amide bonds. The molecular weight excluding hydrogens is 827 g/mol. The Hall–Kier alpha value is -2.11. The van der Waals surface area contributed by atoms with Crippen molar-refractivity contribution < 1.29 is 39.8 Å². The van der Waals surface area contributed by atoms with Crippen LogP contribution in [0.1, 0.15) is 239 Å². The molecule has 9 heteroatoms. The molecule has 7 atom stereocenters. The summed E-state index contributed by atoms with van der Waals surface area (Å²) in [5, 5.41) is 54.4. The molecule has 9 nitrogen and oxygen atoms in total. The van der Waals surface area contributed by atoms with Crippen LogP contribution in [0.2, 0.25) is 0 Å². The van der Waals surface area contributed by atoms with Crippen molar-refractivity contribution >= 4 is 5.91 Å². The molecule has 1 heterocycles. The second-order valence-corrected chi connectivity index (χ2v) is 19.0. The lowest BCUT2D eigenvalue weighted by Crippen LogP contribution is -2.60. The van der Waals surface area contributed by atoms with Gasteiger partial charge in [-0.2, -0.15) is 0 Å². The number of hydrogen-bond acceptors (Lipinski definition) is 8. The Balaban J connectivity index is 2.29. The van der Waals surface area contributed by atoms with Gasteiger partial charge in [-0.15, -0.1) is 0 Å². The minimum absolute atomic E-state index is 0.200. The molecule has 1 saturated heterocycles. The molecule has 0 aromatic rings. The summed E-state index contributed by atoms with van der Waals surface area (Å²) in [5.41, 5.74) is 0. The molecule has 0 aromatic heterocycles. The first-order valence-electron chi connectivity index (χ1n) is 27.5. The Kier molecular flexibility index (Phi) is 43.7. The summed E-state index contributed by atoms with van der Waals surface area (Å²) in [6.45, 7) is 3.74. The van der Waals surface area contributed by atoms with E-state index in [0.29, 0.717) is 6.42 Å². The minimum atomic E-state index is -1.58. The SMILES string of the molecule is CCCCC/C=C\C/C=C\CCCCCCCCCC(=O)NC(COC1OC(CO)C(O)C(O)C1O)C(O)/C=C/CC/C=C/CC/C=C/CCCCCCCCCCCCCCCCCC. The van der Waals surface area contributed by atoms with E-state index in [9.17, 15) is 30.3 Å². The van der Waals surface area contributed by atoms with E-state index in [4.69, 9.17) is 9.47 Å². The molecule has 384 valence electrons. The van der Waals surface area contributed by atoms with Gasteiger partial charge in [0, 0.05) is 6.42 Å². The van der Waals surface area contributed by atoms with Gasteiger partial charge < -0.3 is 40.3 Å². The fraction of sp³-hybridized carbons (Fsp3) is 0.807. The Bertz CT molecular complexity index is 1220. The molecule has 7 unspecified atom stereocenters. The highest BCUT2D eigenvalue weighted by Gasteiger charge is 2.44. The summed E-state index contributed by atoms with van der Waals surface area (Å²) >= 11 is 0. The number of aliphatic hydroxyl groups excluding tert-OH is 5. The van der Waals surface area contributed by atoms with E-state index in [-0.39, 0.29) is 12.5 Å². The van der Waals surface area contributed by atoms with E-state index in [2.05, 4.69) is 67.8 Å². The quantitative estimate of drug-likeness (QED) is 0.0261. The maximum absolute atomic E-state index is 13.0. The highest BCUT2D eigenvalue weighted by Crippen LogP contribution is 2.23. The molecule has 0 aromatic carbocycles. The van der Waals surface area contributed by atoms with Crippen LogP contribution in [0.4, 0.5) is 0 Å². The standard InChI is InChI=1S/C57H103NO8/c1-3-5-7-9-11-13-15-17-19-21-22-23-24-25-26-27-28-29-31-32-34-36-38-40-42-44-46-51(60)50(49-65-57-56(64)55(63)54(62)52(48-59)66-57)58-53(61)47-45-43-41-39-37-35-33-30-20-18-16-14-12-10-8-6-4-2/h12,14,18,20,29,31,36,38,44,46,50-52,54-57,59-60,62-64H,3-11,13,15-17,19,21-28,30,32-35,37,39-43,45,47-49H2,1-2H3,(H,58,61)/b14-12-,20-18-,31-29+,38-36+,46-44+. The van der Waals surface area contributed by atoms with Gasteiger partial charge in [-0.05, 0) is 77.0 Å². The van der Waals surface area contributed by atoms with Gasteiger partial charge in [0.25, 0.3) is 0 Å². The number of rotatable bonds is 46. The second-order valence-electron chi connectivity index (χ2n) is 19.0. The lowest BCUT2D eigenvalue weighted by Gasteiger charge is -2.40. The lowest BCUT2D eigenvalue weighted by molar-refractivity contribution is -0.302. The van der Waals surface area contributed by atoms with E-state index in [1.807, 2.05) is 6.08 Å². The molecule has 0 aliphatic carbocycles. The number of allylic oxidation sites excluding steroid dienone is 9. The minimum Gasteiger partial charge on any atom is -0.394 e. The lowest BCUT2D eigenvalue weighted by atomic mass is 9.99. The second kappa shape index (κ2) is 46.6. The first-order valence-corrected chi connectivity index (χ1v) is 27.5. The van der Waals surface area contributed by atoms with E-state index in [0.717, 1.165) is 64.2 Å². The summed E-state index contributed by atoms with van der Waals surface area (Å²) < 4.78 is 11.2. The summed E-state index contributed by atoms with van der Waals surface area (Å²) in [4.78, 5) is 13.0. The van der Waals surface area contributed by atoms with Gasteiger partial charge in [0.1, 0.15) is 24.4 Å². The van der Waals surface area contributed by atoms with Crippen molar-refractivity contribution in [2.45, 2.75) is 281 Å². The fourth-order valence-electron chi connectivity index (χ4n) is 8.40. The zero-order valence-electron chi connectivity index (χ0n) is 42.4. The predicted octanol–water partition coefficient (Wildman–Crippen LogP) is 13.1. The van der Waals surface area contributed by atoms with Crippen molar-refractivity contribution in [2.75, 3.05) is 13.2 Å². The first kappa shape index (κ1) is 61.9. The maximum atomic E-state index is 13.0. The van der Waals surface area contributed by atoms with Crippen molar-refractivity contribution in [1.29, 1.82) is 0 Å². The van der Waals surface area contributed by atoms with Crippen molar-refractivity contribution in [2.24, 2.45) is 0 Å². The third-order valence-electron chi connectivity index (χ3n) is 12.8. The zero-order valence-corrected chi connectivity index (χ0v) is 42.4. The van der Waals surface area contributed by atoms with Crippen molar-refractivity contribution in [1.82, 2.24) is 5.32 Å². The van der Waals surface area contributed by atoms with Gasteiger partial charge in [-0.3, -0.25) is 4.79 Å². The molecule has 66 heavy (non-hydrogen) atoms. The van der Waals surface area contributed by atoms with Crippen LogP contribution in [0.25, 0.3) is 0 Å². The Morgan fingerprint density at radius 1 is 0.515 bits per heavy atom. The van der Waals surface area contributed by atoms with Gasteiger partial charge >= 0.3 is 0 Å². The number of ether oxygens (including phenoxy) is 2. The average Bonchev–Trinajstić information content (AvgIpc) is 3.32. The van der Waals surface area contributed by atoms with E-state index in [1.165, 1.54) is 154 Å². The van der Waals surface area contributed by atoms with Crippen LogP contribution >= 0.6 is 0 Å². The van der Waals surface area contributed by atoms with Gasteiger partial charge in [0.2, 0.25) is 5.91 Å². The fourth-order valence-corrected chi connectivity index (χ4v) is 8.40. The zero-order chi connectivity index (χ0) is 48.0. The molecule has 1 rings (SSSR count). The third kappa shape index (κ3) is 36.0. The Morgan fingerprint density at radius 2 is 0.909 bits per heavy atom. The van der Waals surface area contributed by atoms with Crippen LogP contribution in [0.3, 0.4) is 0 Å². The highest BCUT2D eigenvalue weighted by atomic mass is 16.7. The van der Waals surface area contributed by atoms with Crippen LogP contribution in [-0.4, -0.2) is 87.5 Å². The normalized spacial score (nSPS) is 20.3. The molecule has 6 N–H and O–H groups in total. The Morgan fingerprint density at radius 3 is 1.39 bits per heavy atom. The molecule has 1 aliphatic rings. The molecule has 1 aliphatic heterocycles. The first-order chi connectivity index (χ1) is 32.3. The molecule has 0 bridgehead atoms. The summed E-state index contributed by atoms with van der Waals surface area (Å²) in [7, 11) is 0. The molecule has 0 radical (unpaired) electrons. The van der Waals surface area contributed by atoms with Gasteiger partial charge in [0.05, 0.1) is 25.4 Å². The largest absolute Gasteiger partial charge is 0.394 e. The van der Waals surface area contributed by atoms with Crippen LogP contribution in [0.15, 0.2) is 60.8 Å². The number of nitrogens with one attached hydrogen (secondary N) is 1. The van der Waals surface area contributed by atoms with Gasteiger partial charge in [-0.25, -0.2) is 0 Å². The van der Waals surface area contributed by atoms with Crippen LogP contribution in [0, 0.1) is 0 Å². The monoisotopic (exact) mass is 930 g/mol. The van der Waals surface area contributed by atoms with Crippen molar-refractivity contribution in [3.8, 4) is 0 Å². The van der Waals surface area contributed by atoms with E-state index >= 15 is 0 Å². The van der Waals surface area contributed by atoms with E-state index in [1.54, 1.807) is 6.08 Å². The topological polar surface area (TPSA) is 149 Å². The van der Waals surface area contributed by atoms with Crippen LogP contribution in [-0.2, 0) is 14.3 Å². The molecule has 0 saturated carbocycles. The summed E-state index contributed by atoms with van der Waals surface area (Å²) in [6.07, 6.45) is 55.7. The summed E-state index contributed by atoms with van der Waals surface area (Å²) in [5.74, 6) is -0.200. The van der Waals surface area contributed by atoms with Gasteiger partial charge in [-0.1, -0.05) is 216 Å². The molecule has 0 spiro atoms. The van der Waals surface area contributed by atoms with E-state index < -0.39 is 49.5 Å². The highest BCUT2D eigenvalue weighted by molar-refractivity contribution is 5.76. The Labute approximate surface area is 405 Å². The predicted molar refractivity (Wildman–Crippen MR) is 276 cm³/mol. The molecule has 1 fully saturated rings. The smallest absolute Gasteiger partial charge is 0.220 e. The number of carbonyl (C=O) groups is 1. The third-order valence-corrected chi connectivity index (χ3v) is 12.8. The van der Waals surface area contributed by atoms with Crippen LogP contribution < -0.4 is 5.32 Å². The van der Waals surface area contributed by atoms with Crippen molar-refractivity contribution in [3.63, 3.8) is 0 Å². The number of unbranched alkanes of at least 4 members (excludes halogenated alkanes) is 28. The molecular formula is C57H103NO8. The number of carbonyl (C=O) groups excluding carboxylic acids is 1. The van der Waals surface area contributed by atoms with Crippen LogP contribution in [0.5, 0.6) is 0 Å². The number of amides is 1. The number of aliphatic hydroxyl groups is 5. The average molecular weight is 930 g/mol. The summed E-state index contributed by atoms with van der Waals surface area (Å²) in [6, 6.07) is -0.835. The number of hydrogen-bond donors (Lipinski definition) is 6.